The molecule has 0 spiro atoms. The highest BCUT2D eigenvalue weighted by atomic mass is 16.2. The first-order chi connectivity index (χ1) is 8.81. The van der Waals surface area contributed by atoms with Crippen molar-refractivity contribution in [3.63, 3.8) is 0 Å². The zero-order valence-corrected chi connectivity index (χ0v) is 10.4. The number of carbonyl (C=O) groups excluding carboxylic acids is 1. The van der Waals surface area contributed by atoms with Crippen LogP contribution in [0.2, 0.25) is 0 Å². The van der Waals surface area contributed by atoms with Gasteiger partial charge < -0.3 is 5.32 Å². The van der Waals surface area contributed by atoms with Crippen molar-refractivity contribution in [2.75, 3.05) is 0 Å². The van der Waals surface area contributed by atoms with E-state index in [4.69, 9.17) is 0 Å². The minimum absolute atomic E-state index is 0.0481. The van der Waals surface area contributed by atoms with Gasteiger partial charge in [-0.1, -0.05) is 43.7 Å². The van der Waals surface area contributed by atoms with Gasteiger partial charge in [-0.2, -0.15) is 5.10 Å². The van der Waals surface area contributed by atoms with Crippen LogP contribution in [0.25, 0.3) is 0 Å². The lowest BCUT2D eigenvalue weighted by molar-refractivity contribution is 0.0929. The molecule has 0 saturated carbocycles. The molecule has 1 atom stereocenters. The Kier molecular flexibility index (Phi) is 4.12. The van der Waals surface area contributed by atoms with Gasteiger partial charge in [0, 0.05) is 6.20 Å². The summed E-state index contributed by atoms with van der Waals surface area (Å²) >= 11 is 0. The summed E-state index contributed by atoms with van der Waals surface area (Å²) in [4.78, 5) is 12.0. The summed E-state index contributed by atoms with van der Waals surface area (Å²) < 4.78 is 0. The Hall–Kier alpha value is -2.10. The number of aromatic amines is 1. The molecule has 0 saturated heterocycles. The maximum Gasteiger partial charge on any atom is 0.269 e. The third kappa shape index (κ3) is 2.97. The molecule has 0 radical (unpaired) electrons. The van der Waals surface area contributed by atoms with E-state index in [-0.39, 0.29) is 11.9 Å². The molecule has 1 aromatic carbocycles. The fourth-order valence-electron chi connectivity index (χ4n) is 1.91. The standard InChI is InChI=1S/C14H17N3O/c1-2-6-12(11-7-4-3-5-8-11)16-14(18)13-9-10-15-17-13/h3-5,7-10,12H,2,6H2,1H3,(H,15,17)(H,16,18)/t12-/m0/s1. The van der Waals surface area contributed by atoms with E-state index >= 15 is 0 Å². The van der Waals surface area contributed by atoms with Gasteiger partial charge in [0.05, 0.1) is 6.04 Å². The van der Waals surface area contributed by atoms with Gasteiger partial charge in [-0.25, -0.2) is 0 Å². The number of nitrogens with one attached hydrogen (secondary N) is 2. The van der Waals surface area contributed by atoms with Crippen LogP contribution in [0.1, 0.15) is 41.9 Å². The SMILES string of the molecule is CCC[C@H](NC(=O)c1ccn[nH]1)c1ccccc1. The normalized spacial score (nSPS) is 12.1. The van der Waals surface area contributed by atoms with Crippen LogP contribution in [0, 0.1) is 0 Å². The maximum absolute atomic E-state index is 12.0. The second-order valence-corrected chi connectivity index (χ2v) is 4.20. The third-order valence-corrected chi connectivity index (χ3v) is 2.83. The van der Waals surface area contributed by atoms with Crippen LogP contribution in [0.4, 0.5) is 0 Å². The quantitative estimate of drug-likeness (QED) is 0.848. The molecule has 0 bridgehead atoms. The first kappa shape index (κ1) is 12.4. The highest BCUT2D eigenvalue weighted by Gasteiger charge is 2.15. The van der Waals surface area contributed by atoms with Gasteiger partial charge in [0.15, 0.2) is 0 Å². The van der Waals surface area contributed by atoms with Gasteiger partial charge in [0.2, 0.25) is 0 Å². The van der Waals surface area contributed by atoms with Gasteiger partial charge >= 0.3 is 0 Å². The molecule has 0 aliphatic rings. The van der Waals surface area contributed by atoms with E-state index in [2.05, 4.69) is 22.4 Å². The molecule has 1 amide bonds. The highest BCUT2D eigenvalue weighted by Crippen LogP contribution is 2.18. The Balaban J connectivity index is 2.10. The lowest BCUT2D eigenvalue weighted by atomic mass is 10.0. The molecule has 0 fully saturated rings. The van der Waals surface area contributed by atoms with Crippen molar-refractivity contribution in [1.82, 2.24) is 15.5 Å². The van der Waals surface area contributed by atoms with Crippen molar-refractivity contribution >= 4 is 5.91 Å². The van der Waals surface area contributed by atoms with Crippen LogP contribution in [-0.4, -0.2) is 16.1 Å². The minimum Gasteiger partial charge on any atom is -0.344 e. The predicted molar refractivity (Wildman–Crippen MR) is 70.1 cm³/mol. The monoisotopic (exact) mass is 243 g/mol. The molecule has 1 heterocycles. The van der Waals surface area contributed by atoms with Crippen molar-refractivity contribution < 1.29 is 4.79 Å². The maximum atomic E-state index is 12.0. The lowest BCUT2D eigenvalue weighted by Gasteiger charge is -2.18. The van der Waals surface area contributed by atoms with E-state index in [9.17, 15) is 4.79 Å². The molecule has 2 rings (SSSR count). The summed E-state index contributed by atoms with van der Waals surface area (Å²) in [6.45, 7) is 2.11. The molecule has 94 valence electrons. The molecular formula is C14H17N3O. The number of hydrogen-bond acceptors (Lipinski definition) is 2. The zero-order valence-electron chi connectivity index (χ0n) is 10.4. The third-order valence-electron chi connectivity index (χ3n) is 2.83. The predicted octanol–water partition coefficient (Wildman–Crippen LogP) is 2.68. The molecule has 0 aliphatic heterocycles. The average Bonchev–Trinajstić information content (AvgIpc) is 2.93. The van der Waals surface area contributed by atoms with E-state index in [1.807, 2.05) is 30.3 Å². The number of carbonyl (C=O) groups is 1. The summed E-state index contributed by atoms with van der Waals surface area (Å²) in [6.07, 6.45) is 3.51. The van der Waals surface area contributed by atoms with E-state index in [0.29, 0.717) is 5.69 Å². The number of aromatic nitrogens is 2. The van der Waals surface area contributed by atoms with Crippen molar-refractivity contribution in [2.24, 2.45) is 0 Å². The Labute approximate surface area is 106 Å². The van der Waals surface area contributed by atoms with Crippen LogP contribution in [0.15, 0.2) is 42.6 Å². The summed E-state index contributed by atoms with van der Waals surface area (Å²) in [6, 6.07) is 11.7. The first-order valence-corrected chi connectivity index (χ1v) is 6.16. The van der Waals surface area contributed by atoms with Gasteiger partial charge in [0.1, 0.15) is 5.69 Å². The Morgan fingerprint density at radius 3 is 2.72 bits per heavy atom. The molecule has 0 unspecified atom stereocenters. The first-order valence-electron chi connectivity index (χ1n) is 6.16. The Morgan fingerprint density at radius 2 is 2.11 bits per heavy atom. The smallest absolute Gasteiger partial charge is 0.269 e. The van der Waals surface area contributed by atoms with Gasteiger partial charge in [-0.3, -0.25) is 9.89 Å². The number of nitrogens with zero attached hydrogens (tertiary/aromatic N) is 1. The van der Waals surface area contributed by atoms with Gasteiger partial charge in [0.25, 0.3) is 5.91 Å². The Morgan fingerprint density at radius 1 is 1.33 bits per heavy atom. The van der Waals surface area contributed by atoms with Gasteiger partial charge in [-0.15, -0.1) is 0 Å². The molecule has 0 aliphatic carbocycles. The molecule has 2 aromatic rings. The summed E-state index contributed by atoms with van der Waals surface area (Å²) in [5, 5.41) is 9.48. The number of rotatable bonds is 5. The van der Waals surface area contributed by atoms with E-state index in [1.165, 1.54) is 0 Å². The molecule has 1 aromatic heterocycles. The molecule has 2 N–H and O–H groups in total. The molecule has 4 heteroatoms. The van der Waals surface area contributed by atoms with Crippen LogP contribution >= 0.6 is 0 Å². The minimum atomic E-state index is -0.116. The van der Waals surface area contributed by atoms with E-state index in [0.717, 1.165) is 18.4 Å². The summed E-state index contributed by atoms with van der Waals surface area (Å²) in [5.74, 6) is -0.116. The zero-order chi connectivity index (χ0) is 12.8. The van der Waals surface area contributed by atoms with E-state index < -0.39 is 0 Å². The van der Waals surface area contributed by atoms with E-state index in [1.54, 1.807) is 12.3 Å². The second kappa shape index (κ2) is 6.00. The second-order valence-electron chi connectivity index (χ2n) is 4.20. The fraction of sp³-hybridized carbons (Fsp3) is 0.286. The molecule has 4 nitrogen and oxygen atoms in total. The van der Waals surface area contributed by atoms with Crippen LogP contribution < -0.4 is 5.32 Å². The summed E-state index contributed by atoms with van der Waals surface area (Å²) in [5.41, 5.74) is 1.62. The molecular weight excluding hydrogens is 226 g/mol. The molecule has 18 heavy (non-hydrogen) atoms. The number of benzene rings is 1. The van der Waals surface area contributed by atoms with Gasteiger partial charge in [-0.05, 0) is 18.1 Å². The van der Waals surface area contributed by atoms with Crippen molar-refractivity contribution in [3.8, 4) is 0 Å². The fourth-order valence-corrected chi connectivity index (χ4v) is 1.91. The number of H-pyrrole nitrogens is 1. The summed E-state index contributed by atoms with van der Waals surface area (Å²) in [7, 11) is 0. The average molecular weight is 243 g/mol. The van der Waals surface area contributed by atoms with Crippen molar-refractivity contribution in [3.05, 3.63) is 53.9 Å². The van der Waals surface area contributed by atoms with Crippen molar-refractivity contribution in [2.45, 2.75) is 25.8 Å². The number of hydrogen-bond donors (Lipinski definition) is 2. The van der Waals surface area contributed by atoms with Crippen LogP contribution in [0.3, 0.4) is 0 Å². The highest BCUT2D eigenvalue weighted by molar-refractivity contribution is 5.92. The number of amides is 1. The van der Waals surface area contributed by atoms with Crippen LogP contribution in [0.5, 0.6) is 0 Å². The Bertz CT molecular complexity index is 479. The van der Waals surface area contributed by atoms with Crippen molar-refractivity contribution in [1.29, 1.82) is 0 Å². The lowest BCUT2D eigenvalue weighted by Crippen LogP contribution is -2.28. The largest absolute Gasteiger partial charge is 0.344 e. The van der Waals surface area contributed by atoms with Crippen LogP contribution in [-0.2, 0) is 0 Å². The topological polar surface area (TPSA) is 57.8 Å².